The number of phenolic OH excluding ortho intramolecular Hbond substituents is 1. The minimum Gasteiger partial charge on any atom is -0.506 e. The van der Waals surface area contributed by atoms with Crippen LogP contribution in [0.25, 0.3) is 28.0 Å². The maximum Gasteiger partial charge on any atom is 0.182 e. The lowest BCUT2D eigenvalue weighted by Gasteiger charge is -2.33. The van der Waals surface area contributed by atoms with Gasteiger partial charge in [-0.2, -0.15) is 5.10 Å². The number of nitrogens with zero attached hydrogens (tertiary/aromatic N) is 3. The normalized spacial score (nSPS) is 20.6. The van der Waals surface area contributed by atoms with Crippen molar-refractivity contribution in [3.63, 3.8) is 0 Å². The van der Waals surface area contributed by atoms with Crippen molar-refractivity contribution in [1.29, 1.82) is 0 Å². The largest absolute Gasteiger partial charge is 0.506 e. The second-order valence-corrected chi connectivity index (χ2v) is 9.82. The van der Waals surface area contributed by atoms with Crippen LogP contribution in [0.1, 0.15) is 36.6 Å². The van der Waals surface area contributed by atoms with Gasteiger partial charge in [-0.3, -0.25) is 10.00 Å². The molecule has 0 amide bonds. The number of morpholine rings is 1. The first-order valence-electron chi connectivity index (χ1n) is 12.1. The van der Waals surface area contributed by atoms with Gasteiger partial charge in [0.1, 0.15) is 17.2 Å². The Morgan fingerprint density at radius 1 is 1.31 bits per heavy atom. The Kier molecular flexibility index (Phi) is 6.80. The highest BCUT2D eigenvalue weighted by molar-refractivity contribution is 6.32. The van der Waals surface area contributed by atoms with Crippen LogP contribution in [-0.2, 0) is 19.9 Å². The summed E-state index contributed by atoms with van der Waals surface area (Å²) in [5.41, 5.74) is 1.32. The average Bonchev–Trinajstić information content (AvgIpc) is 3.24. The van der Waals surface area contributed by atoms with Crippen LogP contribution < -0.4 is 0 Å². The number of halogens is 2. The molecule has 5 rings (SSSR count). The minimum absolute atomic E-state index is 0.00360. The van der Waals surface area contributed by atoms with E-state index in [9.17, 15) is 5.11 Å². The number of aromatic hydroxyl groups is 1. The topological polar surface area (TPSA) is 92.7 Å². The highest BCUT2D eigenvalue weighted by Gasteiger charge is 2.43. The number of phenols is 1. The number of nitrogens with one attached hydrogen (secondary N) is 1. The summed E-state index contributed by atoms with van der Waals surface area (Å²) < 4.78 is 34.0. The second kappa shape index (κ2) is 9.88. The molecule has 2 aliphatic rings. The number of alkyl halides is 1. The number of methoxy groups -OCH3 is 1. The number of aromatic nitrogens is 3. The van der Waals surface area contributed by atoms with Crippen molar-refractivity contribution >= 4 is 28.4 Å². The van der Waals surface area contributed by atoms with E-state index in [-0.39, 0.29) is 17.2 Å². The molecule has 1 unspecified atom stereocenters. The fraction of sp³-hybridized carbons (Fsp3) is 0.462. The zero-order valence-electron chi connectivity index (χ0n) is 20.7. The molecule has 2 aromatic heterocycles. The molecule has 2 N–H and O–H groups in total. The van der Waals surface area contributed by atoms with Crippen LogP contribution in [0.4, 0.5) is 4.39 Å². The van der Waals surface area contributed by atoms with Gasteiger partial charge in [0.25, 0.3) is 0 Å². The lowest BCUT2D eigenvalue weighted by molar-refractivity contribution is 0.0333. The summed E-state index contributed by atoms with van der Waals surface area (Å²) in [7, 11) is 1.57. The molecule has 1 fully saturated rings. The number of allylic oxidation sites excluding steroid dienone is 1. The summed E-state index contributed by atoms with van der Waals surface area (Å²) in [5, 5.41) is 18.1. The molecule has 0 saturated carbocycles. The molecule has 0 radical (unpaired) electrons. The number of hydrogen-bond acceptors (Lipinski definition) is 7. The Bertz CT molecular complexity index is 1320. The first-order valence-corrected chi connectivity index (χ1v) is 12.5. The molecule has 3 heterocycles. The summed E-state index contributed by atoms with van der Waals surface area (Å²) >= 11 is 6.19. The number of H-pyrrole nitrogens is 1. The molecule has 1 saturated heterocycles. The van der Waals surface area contributed by atoms with Crippen LogP contribution in [-0.4, -0.2) is 71.8 Å². The van der Waals surface area contributed by atoms with Crippen molar-refractivity contribution in [3.05, 3.63) is 45.8 Å². The van der Waals surface area contributed by atoms with Gasteiger partial charge < -0.3 is 19.3 Å². The molecule has 3 aromatic rings. The molecule has 10 heteroatoms. The quantitative estimate of drug-likeness (QED) is 0.430. The zero-order valence-corrected chi connectivity index (χ0v) is 21.4. The molecule has 8 nitrogen and oxygen atoms in total. The van der Waals surface area contributed by atoms with Gasteiger partial charge in [0.15, 0.2) is 11.4 Å². The van der Waals surface area contributed by atoms with E-state index in [4.69, 9.17) is 30.8 Å². The molecular formula is C26H30ClFN4O4. The van der Waals surface area contributed by atoms with Crippen molar-refractivity contribution in [3.8, 4) is 17.0 Å². The van der Waals surface area contributed by atoms with E-state index in [1.54, 1.807) is 19.2 Å². The third kappa shape index (κ3) is 4.51. The van der Waals surface area contributed by atoms with Gasteiger partial charge in [-0.05, 0) is 38.5 Å². The van der Waals surface area contributed by atoms with E-state index in [1.807, 2.05) is 6.92 Å². The molecule has 36 heavy (non-hydrogen) atoms. The van der Waals surface area contributed by atoms with Crippen molar-refractivity contribution in [2.75, 3.05) is 46.6 Å². The van der Waals surface area contributed by atoms with Gasteiger partial charge >= 0.3 is 0 Å². The lowest BCUT2D eigenvalue weighted by atomic mass is 9.80. The van der Waals surface area contributed by atoms with Gasteiger partial charge in [0, 0.05) is 48.4 Å². The SMILES string of the molecule is COC1=C(OCCCN2CCOCC2)CC(C)(F)c2c(-c3ccc(O)c(Cl)c3)nc3n[nH]c(C)c3c21. The highest BCUT2D eigenvalue weighted by atomic mass is 35.5. The monoisotopic (exact) mass is 516 g/mol. The second-order valence-electron chi connectivity index (χ2n) is 9.41. The molecule has 1 aliphatic carbocycles. The number of pyridine rings is 1. The Morgan fingerprint density at radius 3 is 2.81 bits per heavy atom. The third-order valence-corrected chi connectivity index (χ3v) is 7.10. The molecular weight excluding hydrogens is 487 g/mol. The number of benzene rings is 1. The molecule has 1 atom stereocenters. The number of fused-ring (bicyclic) bond motifs is 3. The van der Waals surface area contributed by atoms with Gasteiger partial charge in [0.2, 0.25) is 0 Å². The number of hydrogen-bond donors (Lipinski definition) is 2. The van der Waals surface area contributed by atoms with Crippen LogP contribution in [0.3, 0.4) is 0 Å². The number of rotatable bonds is 7. The van der Waals surface area contributed by atoms with Crippen LogP contribution in [0.2, 0.25) is 5.02 Å². The molecule has 0 spiro atoms. The first-order chi connectivity index (χ1) is 17.3. The van der Waals surface area contributed by atoms with Gasteiger partial charge in [-0.25, -0.2) is 9.37 Å². The lowest BCUT2D eigenvalue weighted by Crippen LogP contribution is -2.37. The fourth-order valence-electron chi connectivity index (χ4n) is 5.05. The van der Waals surface area contributed by atoms with E-state index in [2.05, 4.69) is 15.1 Å². The van der Waals surface area contributed by atoms with Crippen molar-refractivity contribution < 1.29 is 23.7 Å². The maximum absolute atomic E-state index is 16.6. The van der Waals surface area contributed by atoms with E-state index in [0.29, 0.717) is 51.5 Å². The van der Waals surface area contributed by atoms with Gasteiger partial charge in [-0.1, -0.05) is 11.6 Å². The number of ether oxygens (including phenoxy) is 3. The predicted octanol–water partition coefficient (Wildman–Crippen LogP) is 4.93. The standard InChI is InChI=1S/C26H30ClFN4O4/c1-15-20-21-22(23(29-25(20)31-30-15)16-5-6-18(33)17(27)13-16)26(2,28)14-19(24(21)34-3)36-10-4-7-32-8-11-35-12-9-32/h5-6,13,33H,4,7-12,14H2,1-3H3,(H,29,30,31). The molecule has 1 aliphatic heterocycles. The summed E-state index contributed by atoms with van der Waals surface area (Å²) in [6.07, 6.45) is 0.813. The van der Waals surface area contributed by atoms with E-state index in [1.165, 1.54) is 13.0 Å². The van der Waals surface area contributed by atoms with Crippen molar-refractivity contribution in [2.45, 2.75) is 32.4 Å². The highest BCUT2D eigenvalue weighted by Crippen LogP contribution is 2.50. The molecule has 192 valence electrons. The predicted molar refractivity (Wildman–Crippen MR) is 136 cm³/mol. The zero-order chi connectivity index (χ0) is 25.4. The Morgan fingerprint density at radius 2 is 2.08 bits per heavy atom. The van der Waals surface area contributed by atoms with E-state index >= 15 is 4.39 Å². The Labute approximate surface area is 214 Å². The average molecular weight is 517 g/mol. The Balaban J connectivity index is 1.57. The van der Waals surface area contributed by atoms with Crippen LogP contribution in [0, 0.1) is 6.92 Å². The van der Waals surface area contributed by atoms with Crippen LogP contribution in [0.5, 0.6) is 5.75 Å². The summed E-state index contributed by atoms with van der Waals surface area (Å²) in [4.78, 5) is 7.05. The summed E-state index contributed by atoms with van der Waals surface area (Å²) in [6, 6.07) is 4.72. The summed E-state index contributed by atoms with van der Waals surface area (Å²) in [6.45, 7) is 8.07. The van der Waals surface area contributed by atoms with Gasteiger partial charge in [0.05, 0.1) is 43.0 Å². The summed E-state index contributed by atoms with van der Waals surface area (Å²) in [5.74, 6) is 0.897. The van der Waals surface area contributed by atoms with Crippen LogP contribution >= 0.6 is 11.6 Å². The number of aromatic amines is 1. The maximum atomic E-state index is 16.6. The van der Waals surface area contributed by atoms with Crippen LogP contribution in [0.15, 0.2) is 24.0 Å². The molecule has 0 bridgehead atoms. The van der Waals surface area contributed by atoms with Crippen molar-refractivity contribution in [2.24, 2.45) is 0 Å². The van der Waals surface area contributed by atoms with E-state index in [0.717, 1.165) is 45.0 Å². The fourth-order valence-corrected chi connectivity index (χ4v) is 5.23. The number of aryl methyl sites for hydroxylation is 1. The van der Waals surface area contributed by atoms with Gasteiger partial charge in [-0.15, -0.1) is 0 Å². The Hall–Kier alpha value is -2.88. The van der Waals surface area contributed by atoms with E-state index < -0.39 is 5.67 Å². The first kappa shape index (κ1) is 24.8. The molecule has 1 aromatic carbocycles. The minimum atomic E-state index is -1.80. The van der Waals surface area contributed by atoms with Crippen molar-refractivity contribution in [1.82, 2.24) is 20.1 Å². The smallest absolute Gasteiger partial charge is 0.182 e. The third-order valence-electron chi connectivity index (χ3n) is 6.80.